The second kappa shape index (κ2) is 2.84. The maximum Gasteiger partial charge on any atom is 0.242 e. The number of aryl methyl sites for hydroxylation is 1. The Bertz CT molecular complexity index is 495. The van der Waals surface area contributed by atoms with E-state index in [4.69, 9.17) is 0 Å². The van der Waals surface area contributed by atoms with Gasteiger partial charge in [0, 0.05) is 6.20 Å². The molecule has 0 atom stereocenters. The highest BCUT2D eigenvalue weighted by Crippen LogP contribution is 2.14. The Morgan fingerprint density at radius 1 is 1.54 bits per heavy atom. The predicted molar refractivity (Wildman–Crippen MR) is 47.7 cm³/mol. The lowest BCUT2D eigenvalue weighted by Gasteiger charge is -1.95. The average Bonchev–Trinajstić information content (AvgIpc) is 2.49. The highest BCUT2D eigenvalue weighted by molar-refractivity contribution is 5.52. The maximum atomic E-state index is 10.1. The minimum absolute atomic E-state index is 0.508. The molecule has 0 saturated heterocycles. The molecule has 4 nitrogen and oxygen atoms in total. The first-order chi connectivity index (χ1) is 6.31. The summed E-state index contributed by atoms with van der Waals surface area (Å²) in [5, 5.41) is 0. The van der Waals surface area contributed by atoms with Gasteiger partial charge in [-0.25, -0.2) is 9.78 Å². The monoisotopic (exact) mass is 173 g/mol. The topological polar surface area (TPSA) is 46.7 Å². The fraction of sp³-hybridized carbons (Fsp3) is 0.111. The van der Waals surface area contributed by atoms with Crippen LogP contribution >= 0.6 is 0 Å². The van der Waals surface area contributed by atoms with Crippen LogP contribution in [0, 0.1) is 6.92 Å². The highest BCUT2D eigenvalue weighted by Gasteiger charge is 2.00. The first kappa shape index (κ1) is 7.71. The summed E-state index contributed by atoms with van der Waals surface area (Å²) >= 11 is 0. The van der Waals surface area contributed by atoms with Crippen molar-refractivity contribution in [2.75, 3.05) is 0 Å². The fourth-order valence-electron chi connectivity index (χ4n) is 1.20. The summed E-state index contributed by atoms with van der Waals surface area (Å²) in [4.78, 5) is 17.7. The molecule has 2 heterocycles. The SMILES string of the molecule is Cc1ccc2ncc(N=C=O)n2c1. The van der Waals surface area contributed by atoms with Crippen molar-refractivity contribution in [2.24, 2.45) is 4.99 Å². The molecule has 64 valence electrons. The smallest absolute Gasteiger partial charge is 0.242 e. The van der Waals surface area contributed by atoms with Gasteiger partial charge in [0.05, 0.1) is 6.20 Å². The van der Waals surface area contributed by atoms with E-state index in [2.05, 4.69) is 9.98 Å². The van der Waals surface area contributed by atoms with Crippen molar-refractivity contribution >= 4 is 17.5 Å². The molecular formula is C9H7N3O. The molecule has 0 amide bonds. The van der Waals surface area contributed by atoms with Crippen LogP contribution in [-0.2, 0) is 4.79 Å². The van der Waals surface area contributed by atoms with Gasteiger partial charge in [-0.1, -0.05) is 6.07 Å². The lowest BCUT2D eigenvalue weighted by atomic mass is 10.3. The number of pyridine rings is 1. The van der Waals surface area contributed by atoms with Crippen molar-refractivity contribution in [2.45, 2.75) is 6.92 Å². The minimum atomic E-state index is 0.508. The van der Waals surface area contributed by atoms with E-state index in [9.17, 15) is 4.79 Å². The molecule has 0 aliphatic carbocycles. The van der Waals surface area contributed by atoms with E-state index in [1.165, 1.54) is 6.08 Å². The molecule has 0 spiro atoms. The third kappa shape index (κ3) is 1.23. The number of imidazole rings is 1. The molecule has 4 heteroatoms. The van der Waals surface area contributed by atoms with Gasteiger partial charge >= 0.3 is 0 Å². The van der Waals surface area contributed by atoms with E-state index in [-0.39, 0.29) is 0 Å². The highest BCUT2D eigenvalue weighted by atomic mass is 16.1. The molecular weight excluding hydrogens is 166 g/mol. The van der Waals surface area contributed by atoms with Crippen LogP contribution in [0.3, 0.4) is 0 Å². The van der Waals surface area contributed by atoms with E-state index in [1.54, 1.807) is 10.6 Å². The van der Waals surface area contributed by atoms with E-state index in [1.807, 2.05) is 25.3 Å². The number of nitrogens with zero attached hydrogens (tertiary/aromatic N) is 3. The minimum Gasteiger partial charge on any atom is -0.284 e. The van der Waals surface area contributed by atoms with E-state index >= 15 is 0 Å². The van der Waals surface area contributed by atoms with Gasteiger partial charge in [-0.15, -0.1) is 4.99 Å². The lowest BCUT2D eigenvalue weighted by molar-refractivity contribution is 0.565. The Kier molecular flexibility index (Phi) is 1.69. The number of rotatable bonds is 1. The molecule has 2 aromatic heterocycles. The number of hydrogen-bond donors (Lipinski definition) is 0. The average molecular weight is 173 g/mol. The number of aliphatic imine (C=N–C) groups is 1. The summed E-state index contributed by atoms with van der Waals surface area (Å²) in [5.41, 5.74) is 1.87. The summed E-state index contributed by atoms with van der Waals surface area (Å²) < 4.78 is 1.75. The predicted octanol–water partition coefficient (Wildman–Crippen LogP) is 1.61. The van der Waals surface area contributed by atoms with Crippen LogP contribution in [0.4, 0.5) is 5.82 Å². The van der Waals surface area contributed by atoms with Gasteiger partial charge in [-0.05, 0) is 18.6 Å². The summed E-state index contributed by atoms with van der Waals surface area (Å²) in [7, 11) is 0. The van der Waals surface area contributed by atoms with E-state index in [0.717, 1.165) is 11.2 Å². The summed E-state index contributed by atoms with van der Waals surface area (Å²) in [5.74, 6) is 0.508. The second-order valence-electron chi connectivity index (χ2n) is 2.75. The summed E-state index contributed by atoms with van der Waals surface area (Å²) in [6.45, 7) is 1.97. The molecule has 13 heavy (non-hydrogen) atoms. The van der Waals surface area contributed by atoms with Crippen molar-refractivity contribution in [1.82, 2.24) is 9.38 Å². The van der Waals surface area contributed by atoms with Gasteiger partial charge in [0.2, 0.25) is 6.08 Å². The van der Waals surface area contributed by atoms with Crippen LogP contribution in [0.1, 0.15) is 5.56 Å². The fourth-order valence-corrected chi connectivity index (χ4v) is 1.20. The van der Waals surface area contributed by atoms with E-state index in [0.29, 0.717) is 5.82 Å². The second-order valence-corrected chi connectivity index (χ2v) is 2.75. The largest absolute Gasteiger partial charge is 0.284 e. The van der Waals surface area contributed by atoms with Gasteiger partial charge in [0.25, 0.3) is 0 Å². The molecule has 0 radical (unpaired) electrons. The van der Waals surface area contributed by atoms with Gasteiger partial charge < -0.3 is 0 Å². The lowest BCUT2D eigenvalue weighted by Crippen LogP contribution is -1.84. The van der Waals surface area contributed by atoms with Gasteiger partial charge in [0.15, 0.2) is 5.82 Å². The van der Waals surface area contributed by atoms with Gasteiger partial charge in [-0.3, -0.25) is 4.40 Å². The number of isocyanates is 1. The molecule has 2 rings (SSSR count). The molecule has 0 fully saturated rings. The Balaban J connectivity index is 2.78. The molecule has 0 aromatic carbocycles. The number of fused-ring (bicyclic) bond motifs is 1. The Labute approximate surface area is 74.6 Å². The van der Waals surface area contributed by atoms with Gasteiger partial charge in [0.1, 0.15) is 5.65 Å². The van der Waals surface area contributed by atoms with Crippen LogP contribution in [0.2, 0.25) is 0 Å². The van der Waals surface area contributed by atoms with E-state index < -0.39 is 0 Å². The Morgan fingerprint density at radius 2 is 2.38 bits per heavy atom. The molecule has 0 aliphatic rings. The zero-order valence-electron chi connectivity index (χ0n) is 7.06. The van der Waals surface area contributed by atoms with Crippen molar-refractivity contribution in [1.29, 1.82) is 0 Å². The van der Waals surface area contributed by atoms with Crippen LogP contribution in [0.5, 0.6) is 0 Å². The Morgan fingerprint density at radius 3 is 3.15 bits per heavy atom. The first-order valence-corrected chi connectivity index (χ1v) is 3.83. The molecule has 0 N–H and O–H groups in total. The number of aromatic nitrogens is 2. The normalized spacial score (nSPS) is 9.92. The van der Waals surface area contributed by atoms with Crippen LogP contribution < -0.4 is 0 Å². The summed E-state index contributed by atoms with van der Waals surface area (Å²) in [6, 6.07) is 3.83. The van der Waals surface area contributed by atoms with Crippen molar-refractivity contribution < 1.29 is 4.79 Å². The van der Waals surface area contributed by atoms with Crippen molar-refractivity contribution in [3.05, 3.63) is 30.1 Å². The van der Waals surface area contributed by atoms with Crippen molar-refractivity contribution in [3.63, 3.8) is 0 Å². The first-order valence-electron chi connectivity index (χ1n) is 3.83. The maximum absolute atomic E-state index is 10.1. The Hall–Kier alpha value is -1.93. The molecule has 2 aromatic rings. The van der Waals surface area contributed by atoms with Crippen LogP contribution in [0.15, 0.2) is 29.5 Å². The zero-order chi connectivity index (χ0) is 9.26. The summed E-state index contributed by atoms with van der Waals surface area (Å²) in [6.07, 6.45) is 4.91. The van der Waals surface area contributed by atoms with Crippen LogP contribution in [0.25, 0.3) is 5.65 Å². The third-order valence-corrected chi connectivity index (χ3v) is 1.79. The van der Waals surface area contributed by atoms with Crippen LogP contribution in [-0.4, -0.2) is 15.5 Å². The number of carbonyl (C=O) groups excluding carboxylic acids is 1. The quantitative estimate of drug-likeness (QED) is 0.485. The van der Waals surface area contributed by atoms with Gasteiger partial charge in [-0.2, -0.15) is 0 Å². The number of hydrogen-bond acceptors (Lipinski definition) is 3. The molecule has 0 saturated carbocycles. The molecule has 0 aliphatic heterocycles. The molecule has 0 bridgehead atoms. The third-order valence-electron chi connectivity index (χ3n) is 1.79. The zero-order valence-corrected chi connectivity index (χ0v) is 7.06. The molecule has 0 unspecified atom stereocenters. The van der Waals surface area contributed by atoms with Crippen molar-refractivity contribution in [3.8, 4) is 0 Å². The standard InChI is InChI=1S/C9H7N3O/c1-7-2-3-8-10-4-9(11-6-13)12(8)5-7/h2-5H,1H3.